The molecule has 4 aromatic rings. The van der Waals surface area contributed by atoms with E-state index in [-0.39, 0.29) is 24.1 Å². The lowest BCUT2D eigenvalue weighted by Crippen LogP contribution is -2.45. The highest BCUT2D eigenvalue weighted by atomic mass is 32.2. The number of carbonyl (C=O) groups excluding carboxylic acids is 2. The minimum Gasteiger partial charge on any atom is -0.467 e. The van der Waals surface area contributed by atoms with Crippen molar-refractivity contribution in [3.05, 3.63) is 84.6 Å². The summed E-state index contributed by atoms with van der Waals surface area (Å²) in [6.45, 7) is 1.84. The normalized spacial score (nSPS) is 11.7. The number of thioether (sulfide) groups is 1. The van der Waals surface area contributed by atoms with E-state index in [4.69, 9.17) is 4.42 Å². The van der Waals surface area contributed by atoms with Crippen LogP contribution in [0.4, 0.5) is 4.39 Å². The first-order valence-electron chi connectivity index (χ1n) is 10.5. The van der Waals surface area contributed by atoms with Gasteiger partial charge in [0.15, 0.2) is 11.0 Å². The maximum atomic E-state index is 14.5. The van der Waals surface area contributed by atoms with E-state index in [0.717, 1.165) is 17.4 Å². The van der Waals surface area contributed by atoms with Crippen molar-refractivity contribution in [1.82, 2.24) is 25.4 Å². The molecule has 0 aliphatic rings. The van der Waals surface area contributed by atoms with E-state index in [9.17, 15) is 14.0 Å². The van der Waals surface area contributed by atoms with Crippen LogP contribution in [-0.2, 0) is 16.1 Å². The van der Waals surface area contributed by atoms with Crippen LogP contribution in [0.15, 0.2) is 82.6 Å². The summed E-state index contributed by atoms with van der Waals surface area (Å²) in [5, 5.41) is 14.2. The lowest BCUT2D eigenvalue weighted by atomic mass is 10.2. The van der Waals surface area contributed by atoms with Crippen LogP contribution in [0, 0.1) is 5.82 Å². The summed E-state index contributed by atoms with van der Waals surface area (Å²) in [7, 11) is 0. The van der Waals surface area contributed by atoms with Crippen LogP contribution in [-0.4, -0.2) is 38.4 Å². The summed E-state index contributed by atoms with van der Waals surface area (Å²) in [5.41, 5.74) is 1.04. The standard InChI is InChI=1S/C24H22FN5O3S/c1-16(23(32)26-14-18-10-7-13-33-18)27-21(31)15-34-24-29-28-22(19-11-5-6-12-20(19)25)30(24)17-8-3-2-4-9-17/h2-13,16H,14-15H2,1H3,(H,26,32)(H,27,31). The van der Waals surface area contributed by atoms with Gasteiger partial charge in [-0.2, -0.15) is 0 Å². The minimum absolute atomic E-state index is 0.00194. The molecule has 2 aromatic heterocycles. The lowest BCUT2D eigenvalue weighted by Gasteiger charge is -2.14. The molecule has 0 saturated carbocycles. The van der Waals surface area contributed by atoms with Crippen LogP contribution in [0.5, 0.6) is 0 Å². The molecule has 2 aromatic carbocycles. The Morgan fingerprint density at radius 3 is 2.56 bits per heavy atom. The number of nitrogens with one attached hydrogen (secondary N) is 2. The van der Waals surface area contributed by atoms with Crippen LogP contribution >= 0.6 is 11.8 Å². The average molecular weight is 480 g/mol. The van der Waals surface area contributed by atoms with Crippen molar-refractivity contribution in [2.45, 2.75) is 24.7 Å². The summed E-state index contributed by atoms with van der Waals surface area (Å²) < 4.78 is 21.4. The highest BCUT2D eigenvalue weighted by Crippen LogP contribution is 2.29. The monoisotopic (exact) mass is 479 g/mol. The van der Waals surface area contributed by atoms with Gasteiger partial charge < -0.3 is 15.1 Å². The van der Waals surface area contributed by atoms with E-state index >= 15 is 0 Å². The van der Waals surface area contributed by atoms with Gasteiger partial charge in [0.2, 0.25) is 11.8 Å². The van der Waals surface area contributed by atoms with Crippen molar-refractivity contribution in [2.75, 3.05) is 5.75 Å². The van der Waals surface area contributed by atoms with E-state index < -0.39 is 11.9 Å². The van der Waals surface area contributed by atoms with Gasteiger partial charge in [-0.05, 0) is 43.3 Å². The van der Waals surface area contributed by atoms with Gasteiger partial charge in [-0.1, -0.05) is 42.1 Å². The molecule has 0 aliphatic carbocycles. The molecule has 1 unspecified atom stereocenters. The van der Waals surface area contributed by atoms with Gasteiger partial charge in [0.05, 0.1) is 24.1 Å². The predicted molar refractivity (Wildman–Crippen MR) is 126 cm³/mol. The molecule has 0 spiro atoms. The Morgan fingerprint density at radius 2 is 1.82 bits per heavy atom. The van der Waals surface area contributed by atoms with Gasteiger partial charge >= 0.3 is 0 Å². The number of furan rings is 1. The molecule has 0 saturated heterocycles. The number of nitrogens with zero attached hydrogens (tertiary/aromatic N) is 3. The van der Waals surface area contributed by atoms with Crippen LogP contribution < -0.4 is 10.6 Å². The number of halogens is 1. The molecule has 4 rings (SSSR count). The predicted octanol–water partition coefficient (Wildman–Crippen LogP) is 3.58. The number of hydrogen-bond acceptors (Lipinski definition) is 6. The Morgan fingerprint density at radius 1 is 1.06 bits per heavy atom. The van der Waals surface area contributed by atoms with Gasteiger partial charge in [0.1, 0.15) is 17.6 Å². The maximum absolute atomic E-state index is 14.5. The highest BCUT2D eigenvalue weighted by molar-refractivity contribution is 7.99. The van der Waals surface area contributed by atoms with Crippen LogP contribution in [0.2, 0.25) is 0 Å². The van der Waals surface area contributed by atoms with E-state index in [1.54, 1.807) is 41.8 Å². The largest absolute Gasteiger partial charge is 0.467 e. The first-order chi connectivity index (χ1) is 16.5. The van der Waals surface area contributed by atoms with Gasteiger partial charge in [-0.25, -0.2) is 4.39 Å². The van der Waals surface area contributed by atoms with E-state index in [1.807, 2.05) is 30.3 Å². The first-order valence-corrected chi connectivity index (χ1v) is 11.5. The smallest absolute Gasteiger partial charge is 0.242 e. The molecule has 0 bridgehead atoms. The molecule has 0 fully saturated rings. The molecule has 2 heterocycles. The Kier molecular flexibility index (Phi) is 7.38. The van der Waals surface area contributed by atoms with Gasteiger partial charge in [0, 0.05) is 5.69 Å². The Bertz CT molecular complexity index is 1260. The topological polar surface area (TPSA) is 102 Å². The fraction of sp³-hybridized carbons (Fsp3) is 0.167. The molecule has 8 nitrogen and oxygen atoms in total. The Balaban J connectivity index is 1.44. The molecular weight excluding hydrogens is 457 g/mol. The fourth-order valence-electron chi connectivity index (χ4n) is 3.21. The molecule has 0 aliphatic heterocycles. The number of hydrogen-bond donors (Lipinski definition) is 2. The summed E-state index contributed by atoms with van der Waals surface area (Å²) in [4.78, 5) is 24.7. The van der Waals surface area contributed by atoms with Crippen molar-refractivity contribution < 1.29 is 18.4 Å². The zero-order valence-corrected chi connectivity index (χ0v) is 19.1. The summed E-state index contributed by atoms with van der Waals surface area (Å²) >= 11 is 1.14. The van der Waals surface area contributed by atoms with Gasteiger partial charge in [0.25, 0.3) is 0 Å². The second kappa shape index (κ2) is 10.8. The SMILES string of the molecule is CC(NC(=O)CSc1nnc(-c2ccccc2F)n1-c1ccccc1)C(=O)NCc1ccco1. The number of aromatic nitrogens is 3. The second-order valence-corrected chi connectivity index (χ2v) is 8.27. The van der Waals surface area contributed by atoms with Crippen molar-refractivity contribution >= 4 is 23.6 Å². The molecular formula is C24H22FN5O3S. The number of carbonyl (C=O) groups is 2. The summed E-state index contributed by atoms with van der Waals surface area (Å²) in [5.74, 6) is -0.148. The fourth-order valence-corrected chi connectivity index (χ4v) is 3.97. The zero-order chi connectivity index (χ0) is 23.9. The van der Waals surface area contributed by atoms with E-state index in [2.05, 4.69) is 20.8 Å². The van der Waals surface area contributed by atoms with Gasteiger partial charge in [-0.3, -0.25) is 14.2 Å². The van der Waals surface area contributed by atoms with Crippen molar-refractivity contribution in [3.8, 4) is 17.1 Å². The highest BCUT2D eigenvalue weighted by Gasteiger charge is 2.21. The average Bonchev–Trinajstić information content (AvgIpc) is 3.52. The van der Waals surface area contributed by atoms with Crippen molar-refractivity contribution in [3.63, 3.8) is 0 Å². The number of para-hydroxylation sites is 1. The number of amides is 2. The molecule has 10 heteroatoms. The third-order valence-corrected chi connectivity index (χ3v) is 5.81. The Labute approximate surface area is 199 Å². The third-order valence-electron chi connectivity index (χ3n) is 4.88. The molecule has 0 radical (unpaired) electrons. The molecule has 34 heavy (non-hydrogen) atoms. The molecule has 2 amide bonds. The summed E-state index contributed by atoms with van der Waals surface area (Å²) in [6.07, 6.45) is 1.52. The summed E-state index contributed by atoms with van der Waals surface area (Å²) in [6, 6.07) is 18.3. The zero-order valence-electron chi connectivity index (χ0n) is 18.3. The molecule has 174 valence electrons. The van der Waals surface area contributed by atoms with Crippen LogP contribution in [0.3, 0.4) is 0 Å². The second-order valence-electron chi connectivity index (χ2n) is 7.33. The van der Waals surface area contributed by atoms with Crippen molar-refractivity contribution in [1.29, 1.82) is 0 Å². The number of rotatable bonds is 9. The van der Waals surface area contributed by atoms with Crippen molar-refractivity contribution in [2.24, 2.45) is 0 Å². The number of benzene rings is 2. The van der Waals surface area contributed by atoms with Crippen LogP contribution in [0.1, 0.15) is 12.7 Å². The van der Waals surface area contributed by atoms with Crippen LogP contribution in [0.25, 0.3) is 17.1 Å². The van der Waals surface area contributed by atoms with E-state index in [0.29, 0.717) is 22.3 Å². The quantitative estimate of drug-likeness (QED) is 0.356. The molecule has 1 atom stereocenters. The first kappa shape index (κ1) is 23.2. The van der Waals surface area contributed by atoms with E-state index in [1.165, 1.54) is 12.3 Å². The lowest BCUT2D eigenvalue weighted by molar-refractivity contribution is -0.127. The minimum atomic E-state index is -0.732. The maximum Gasteiger partial charge on any atom is 0.242 e. The Hall–Kier alpha value is -3.92. The molecule has 2 N–H and O–H groups in total. The third kappa shape index (κ3) is 5.52. The van der Waals surface area contributed by atoms with Gasteiger partial charge in [-0.15, -0.1) is 10.2 Å².